The second-order valence-corrected chi connectivity index (χ2v) is 6.51. The van der Waals surface area contributed by atoms with Gasteiger partial charge in [-0.25, -0.2) is 0 Å². The van der Waals surface area contributed by atoms with Crippen LogP contribution in [-0.2, 0) is 0 Å². The van der Waals surface area contributed by atoms with Crippen LogP contribution in [0.1, 0.15) is 44.3 Å². The number of anilines is 2. The summed E-state index contributed by atoms with van der Waals surface area (Å²) in [6.07, 6.45) is -0.686. The molecule has 25 heavy (non-hydrogen) atoms. The first-order chi connectivity index (χ1) is 12.1. The topological polar surface area (TPSA) is 49.3 Å². The Morgan fingerprint density at radius 1 is 0.840 bits per heavy atom. The van der Waals surface area contributed by atoms with Gasteiger partial charge in [-0.3, -0.25) is 4.79 Å². The molecule has 1 heterocycles. The number of carbonyl (C=O) groups excluding carboxylic acids is 1. The first-order valence-electron chi connectivity index (χ1n) is 8.35. The van der Waals surface area contributed by atoms with Gasteiger partial charge >= 0.3 is 0 Å². The fraction of sp³-hybridized carbons (Fsp3) is 0.136. The molecule has 0 bridgehead atoms. The first-order valence-corrected chi connectivity index (χ1v) is 8.35. The number of aliphatic hydroxyl groups is 1. The zero-order chi connectivity index (χ0) is 17.6. The number of rotatable bonds is 2. The van der Waals surface area contributed by atoms with Crippen LogP contribution in [0, 0.1) is 13.8 Å². The van der Waals surface area contributed by atoms with Gasteiger partial charge in [-0.1, -0.05) is 48.5 Å². The van der Waals surface area contributed by atoms with Crippen LogP contribution in [-0.4, -0.2) is 10.9 Å². The van der Waals surface area contributed by atoms with Gasteiger partial charge in [0.15, 0.2) is 5.78 Å². The van der Waals surface area contributed by atoms with Crippen molar-refractivity contribution in [3.63, 3.8) is 0 Å². The second kappa shape index (κ2) is 5.87. The molecule has 3 nitrogen and oxygen atoms in total. The summed E-state index contributed by atoms with van der Waals surface area (Å²) in [5.41, 5.74) is 6.52. The average molecular weight is 329 g/mol. The highest BCUT2D eigenvalue weighted by atomic mass is 16.3. The summed E-state index contributed by atoms with van der Waals surface area (Å²) in [7, 11) is 0. The number of benzene rings is 3. The lowest BCUT2D eigenvalue weighted by atomic mass is 9.89. The van der Waals surface area contributed by atoms with Gasteiger partial charge in [0.2, 0.25) is 0 Å². The Morgan fingerprint density at radius 2 is 1.56 bits per heavy atom. The van der Waals surface area contributed by atoms with E-state index >= 15 is 0 Å². The summed E-state index contributed by atoms with van der Waals surface area (Å²) in [4.78, 5) is 13.0. The Balaban J connectivity index is 1.81. The Morgan fingerprint density at radius 3 is 2.36 bits per heavy atom. The largest absolute Gasteiger partial charge is 0.383 e. The van der Waals surface area contributed by atoms with Gasteiger partial charge in [0.05, 0.1) is 0 Å². The number of para-hydroxylation sites is 1. The van der Waals surface area contributed by atoms with Crippen LogP contribution >= 0.6 is 0 Å². The summed E-state index contributed by atoms with van der Waals surface area (Å²) in [5, 5.41) is 14.1. The summed E-state index contributed by atoms with van der Waals surface area (Å²) >= 11 is 0. The molecule has 0 saturated heterocycles. The first kappa shape index (κ1) is 15.6. The van der Waals surface area contributed by atoms with Crippen LogP contribution in [0.3, 0.4) is 0 Å². The lowest BCUT2D eigenvalue weighted by Gasteiger charge is -2.27. The van der Waals surface area contributed by atoms with E-state index in [9.17, 15) is 9.90 Å². The molecule has 0 radical (unpaired) electrons. The molecule has 3 aromatic carbocycles. The van der Waals surface area contributed by atoms with E-state index in [4.69, 9.17) is 0 Å². The average Bonchev–Trinajstić information content (AvgIpc) is 2.62. The molecular formula is C22H19NO2. The molecule has 4 rings (SSSR count). The summed E-state index contributed by atoms with van der Waals surface area (Å²) in [6.45, 7) is 3.86. The summed E-state index contributed by atoms with van der Waals surface area (Å²) in [6, 6.07) is 19.1. The number of fused-ring (bicyclic) bond motifs is 2. The van der Waals surface area contributed by atoms with Gasteiger partial charge in [-0.2, -0.15) is 0 Å². The minimum Gasteiger partial charge on any atom is -0.383 e. The van der Waals surface area contributed by atoms with Crippen molar-refractivity contribution >= 4 is 17.2 Å². The maximum atomic E-state index is 13.0. The van der Waals surface area contributed by atoms with Crippen LogP contribution in [0.4, 0.5) is 11.4 Å². The van der Waals surface area contributed by atoms with E-state index < -0.39 is 6.10 Å². The Bertz CT molecular complexity index is 991. The Kier molecular flexibility index (Phi) is 3.66. The van der Waals surface area contributed by atoms with Crippen molar-refractivity contribution in [2.45, 2.75) is 20.0 Å². The quantitative estimate of drug-likeness (QED) is 0.672. The number of ketones is 1. The molecule has 0 fully saturated rings. The van der Waals surface area contributed by atoms with Crippen molar-refractivity contribution in [1.82, 2.24) is 0 Å². The Hall–Kier alpha value is -2.91. The SMILES string of the molecule is Cc1ccccc1C(=O)c1cc2c(cc1C)C(O)c1ccccc1N2. The number of carbonyl (C=O) groups is 1. The molecule has 0 aliphatic carbocycles. The molecule has 124 valence electrons. The lowest BCUT2D eigenvalue weighted by Crippen LogP contribution is -2.15. The van der Waals surface area contributed by atoms with E-state index in [1.807, 2.05) is 74.5 Å². The second-order valence-electron chi connectivity index (χ2n) is 6.51. The van der Waals surface area contributed by atoms with Gasteiger partial charge in [-0.05, 0) is 37.1 Å². The van der Waals surface area contributed by atoms with E-state index in [-0.39, 0.29) is 5.78 Å². The van der Waals surface area contributed by atoms with E-state index in [1.54, 1.807) is 0 Å². The van der Waals surface area contributed by atoms with Crippen molar-refractivity contribution in [3.8, 4) is 0 Å². The van der Waals surface area contributed by atoms with Gasteiger partial charge in [0.25, 0.3) is 0 Å². The van der Waals surface area contributed by atoms with Gasteiger partial charge < -0.3 is 10.4 Å². The number of hydrogen-bond acceptors (Lipinski definition) is 3. The minimum atomic E-state index is -0.686. The highest BCUT2D eigenvalue weighted by Gasteiger charge is 2.25. The van der Waals surface area contributed by atoms with Crippen molar-refractivity contribution < 1.29 is 9.90 Å². The van der Waals surface area contributed by atoms with Crippen LogP contribution in [0.2, 0.25) is 0 Å². The van der Waals surface area contributed by atoms with Crippen molar-refractivity contribution in [3.05, 3.63) is 94.0 Å². The third-order valence-electron chi connectivity index (χ3n) is 4.85. The molecule has 1 aliphatic rings. The molecule has 0 aromatic heterocycles. The number of nitrogens with one attached hydrogen (secondary N) is 1. The van der Waals surface area contributed by atoms with E-state index in [2.05, 4.69) is 5.32 Å². The number of aryl methyl sites for hydroxylation is 2. The number of aliphatic hydroxyl groups excluding tert-OH is 1. The molecule has 0 amide bonds. The maximum Gasteiger partial charge on any atom is 0.193 e. The molecule has 0 saturated carbocycles. The molecule has 3 heteroatoms. The van der Waals surface area contributed by atoms with Crippen LogP contribution in [0.15, 0.2) is 60.7 Å². The smallest absolute Gasteiger partial charge is 0.193 e. The van der Waals surface area contributed by atoms with Gasteiger partial charge in [-0.15, -0.1) is 0 Å². The zero-order valence-corrected chi connectivity index (χ0v) is 14.2. The predicted molar refractivity (Wildman–Crippen MR) is 99.6 cm³/mol. The highest BCUT2D eigenvalue weighted by molar-refractivity contribution is 6.11. The maximum absolute atomic E-state index is 13.0. The van der Waals surface area contributed by atoms with Crippen molar-refractivity contribution in [2.24, 2.45) is 0 Å². The van der Waals surface area contributed by atoms with Crippen LogP contribution in [0.5, 0.6) is 0 Å². The molecule has 3 aromatic rings. The zero-order valence-electron chi connectivity index (χ0n) is 14.2. The fourth-order valence-corrected chi connectivity index (χ4v) is 3.44. The van der Waals surface area contributed by atoms with E-state index in [0.29, 0.717) is 11.1 Å². The fourth-order valence-electron chi connectivity index (χ4n) is 3.44. The van der Waals surface area contributed by atoms with Crippen LogP contribution in [0.25, 0.3) is 0 Å². The van der Waals surface area contributed by atoms with E-state index in [1.165, 1.54) is 0 Å². The predicted octanol–water partition coefficient (Wildman–Crippen LogP) is 4.67. The Labute approximate surface area is 147 Å². The normalized spacial score (nSPS) is 15.1. The highest BCUT2D eigenvalue weighted by Crippen LogP contribution is 2.41. The van der Waals surface area contributed by atoms with Crippen molar-refractivity contribution in [2.75, 3.05) is 5.32 Å². The molecule has 0 spiro atoms. The third kappa shape index (κ3) is 2.53. The molecular weight excluding hydrogens is 310 g/mol. The number of hydrogen-bond donors (Lipinski definition) is 2. The monoisotopic (exact) mass is 329 g/mol. The van der Waals surface area contributed by atoms with Crippen molar-refractivity contribution in [1.29, 1.82) is 0 Å². The molecule has 1 atom stereocenters. The van der Waals surface area contributed by atoms with Crippen LogP contribution < -0.4 is 5.32 Å². The molecule has 1 unspecified atom stereocenters. The van der Waals surface area contributed by atoms with Gasteiger partial charge in [0, 0.05) is 33.6 Å². The standard InChI is InChI=1S/C22H19NO2/c1-13-7-3-4-8-15(13)21(24)17-12-20-18(11-14(17)2)22(25)16-9-5-6-10-19(16)23-20/h3-12,22-23,25H,1-2H3. The lowest BCUT2D eigenvalue weighted by molar-refractivity contribution is 0.103. The van der Waals surface area contributed by atoms with Gasteiger partial charge in [0.1, 0.15) is 6.10 Å². The minimum absolute atomic E-state index is 0.00792. The molecule has 2 N–H and O–H groups in total. The summed E-state index contributed by atoms with van der Waals surface area (Å²) < 4.78 is 0. The molecule has 1 aliphatic heterocycles. The van der Waals surface area contributed by atoms with E-state index in [0.717, 1.165) is 33.6 Å². The third-order valence-corrected chi connectivity index (χ3v) is 4.85. The summed E-state index contributed by atoms with van der Waals surface area (Å²) in [5.74, 6) is 0.00792.